The number of carboxylic acid groups (broad SMARTS) is 1. The molecule has 0 aliphatic rings. The molecule has 1 heterocycles. The van der Waals surface area contributed by atoms with Crippen molar-refractivity contribution in [3.8, 4) is 0 Å². The van der Waals surface area contributed by atoms with Gasteiger partial charge in [0, 0.05) is 31.7 Å². The topological polar surface area (TPSA) is 109 Å². The van der Waals surface area contributed by atoms with Crippen LogP contribution in [0.3, 0.4) is 0 Å². The second kappa shape index (κ2) is 6.02. The normalized spacial score (nSPS) is 12.3. The Morgan fingerprint density at radius 2 is 2.25 bits per heavy atom. The van der Waals surface area contributed by atoms with Crippen molar-refractivity contribution in [3.05, 3.63) is 18.2 Å². The molecule has 1 unspecified atom stereocenters. The maximum Gasteiger partial charge on any atom is 0.303 e. The summed E-state index contributed by atoms with van der Waals surface area (Å²) < 4.78 is 0. The van der Waals surface area contributed by atoms with E-state index in [2.05, 4.69) is 9.97 Å². The first-order valence-electron chi connectivity index (χ1n) is 5.08. The largest absolute Gasteiger partial charge is 0.481 e. The van der Waals surface area contributed by atoms with Gasteiger partial charge in [-0.05, 0) is 6.42 Å². The Kier molecular flexibility index (Phi) is 4.65. The Hall–Kier alpha value is -1.69. The molecule has 0 saturated heterocycles. The Labute approximate surface area is 92.9 Å². The van der Waals surface area contributed by atoms with Crippen LogP contribution in [0, 0.1) is 0 Å². The van der Waals surface area contributed by atoms with Crippen LogP contribution in [0.15, 0.2) is 12.4 Å². The monoisotopic (exact) mass is 225 g/mol. The van der Waals surface area contributed by atoms with Gasteiger partial charge in [-0.1, -0.05) is 0 Å². The van der Waals surface area contributed by atoms with Crippen molar-refractivity contribution in [2.24, 2.45) is 5.73 Å². The Morgan fingerprint density at radius 1 is 1.50 bits per heavy atom. The summed E-state index contributed by atoms with van der Waals surface area (Å²) in [4.78, 5) is 28.6. The van der Waals surface area contributed by atoms with Gasteiger partial charge in [0.25, 0.3) is 0 Å². The van der Waals surface area contributed by atoms with Crippen LogP contribution in [0.4, 0.5) is 0 Å². The number of carbonyl (C=O) groups excluding carboxylic acids is 1. The Bertz CT molecular complexity index is 348. The van der Waals surface area contributed by atoms with E-state index < -0.39 is 12.0 Å². The lowest BCUT2D eigenvalue weighted by Crippen LogP contribution is -2.31. The summed E-state index contributed by atoms with van der Waals surface area (Å²) in [6.07, 6.45) is 4.20. The molecular formula is C10H15N3O3. The lowest BCUT2D eigenvalue weighted by Gasteiger charge is -2.07. The number of nitrogens with two attached hydrogens (primary N) is 1. The van der Waals surface area contributed by atoms with E-state index in [1.165, 1.54) is 0 Å². The molecule has 1 aromatic heterocycles. The van der Waals surface area contributed by atoms with E-state index in [1.54, 1.807) is 12.4 Å². The number of carbonyl (C=O) groups is 2. The zero-order chi connectivity index (χ0) is 12.0. The van der Waals surface area contributed by atoms with E-state index in [9.17, 15) is 9.59 Å². The van der Waals surface area contributed by atoms with Crippen molar-refractivity contribution >= 4 is 11.8 Å². The number of hydrogen-bond acceptors (Lipinski definition) is 4. The predicted octanol–water partition coefficient (Wildman–Crippen LogP) is 0.104. The highest BCUT2D eigenvalue weighted by atomic mass is 16.4. The Morgan fingerprint density at radius 3 is 2.81 bits per heavy atom. The molecule has 0 aromatic carbocycles. The smallest absolute Gasteiger partial charge is 0.303 e. The van der Waals surface area contributed by atoms with Gasteiger partial charge in [-0.25, -0.2) is 4.98 Å². The molecule has 88 valence electrons. The summed E-state index contributed by atoms with van der Waals surface area (Å²) in [5, 5.41) is 8.44. The third-order valence-electron chi connectivity index (χ3n) is 2.25. The molecule has 0 aliphatic heterocycles. The van der Waals surface area contributed by atoms with Crippen LogP contribution in [0.1, 0.15) is 25.1 Å². The van der Waals surface area contributed by atoms with Crippen molar-refractivity contribution < 1.29 is 14.7 Å². The van der Waals surface area contributed by atoms with Gasteiger partial charge >= 0.3 is 5.97 Å². The highest BCUT2D eigenvalue weighted by Gasteiger charge is 2.14. The number of carboxylic acids is 1. The van der Waals surface area contributed by atoms with Crippen LogP contribution in [0.25, 0.3) is 0 Å². The molecule has 0 saturated carbocycles. The van der Waals surface area contributed by atoms with Crippen LogP contribution >= 0.6 is 0 Å². The number of aromatic nitrogens is 2. The molecule has 1 aromatic rings. The lowest BCUT2D eigenvalue weighted by atomic mass is 10.0. The summed E-state index contributed by atoms with van der Waals surface area (Å²) in [5.41, 5.74) is 5.56. The average Bonchev–Trinajstić information content (AvgIpc) is 2.75. The fourth-order valence-corrected chi connectivity index (χ4v) is 1.30. The second-order valence-electron chi connectivity index (χ2n) is 3.54. The maximum atomic E-state index is 11.5. The number of H-pyrrole nitrogens is 1. The zero-order valence-electron chi connectivity index (χ0n) is 8.85. The number of imidazole rings is 1. The van der Waals surface area contributed by atoms with Crippen LogP contribution in [0.2, 0.25) is 0 Å². The van der Waals surface area contributed by atoms with E-state index in [-0.39, 0.29) is 25.0 Å². The quantitative estimate of drug-likeness (QED) is 0.610. The number of aliphatic carboxylic acids is 1. The van der Waals surface area contributed by atoms with E-state index in [0.717, 1.165) is 5.82 Å². The molecule has 6 heteroatoms. The highest BCUT2D eigenvalue weighted by molar-refractivity contribution is 5.84. The summed E-state index contributed by atoms with van der Waals surface area (Å²) in [7, 11) is 0. The molecule has 6 nitrogen and oxygen atoms in total. The molecule has 0 amide bonds. The lowest BCUT2D eigenvalue weighted by molar-refractivity contribution is -0.137. The first-order valence-corrected chi connectivity index (χ1v) is 5.08. The van der Waals surface area contributed by atoms with Crippen molar-refractivity contribution in [2.75, 3.05) is 0 Å². The molecule has 0 bridgehead atoms. The van der Waals surface area contributed by atoms with Gasteiger partial charge in [0.05, 0.1) is 6.04 Å². The summed E-state index contributed by atoms with van der Waals surface area (Å²) in [6, 6.07) is -0.689. The minimum atomic E-state index is -0.936. The van der Waals surface area contributed by atoms with Crippen molar-refractivity contribution in [1.82, 2.24) is 9.97 Å². The number of ketones is 1. The fourth-order valence-electron chi connectivity index (χ4n) is 1.30. The number of nitrogens with one attached hydrogen (secondary N) is 1. The van der Waals surface area contributed by atoms with Gasteiger partial charge in [-0.15, -0.1) is 0 Å². The molecule has 0 radical (unpaired) electrons. The van der Waals surface area contributed by atoms with Gasteiger partial charge in [0.15, 0.2) is 0 Å². The molecule has 0 spiro atoms. The number of Topliss-reactive ketones (excluding diaryl/α,β-unsaturated/α-hetero) is 1. The Balaban J connectivity index is 2.26. The van der Waals surface area contributed by atoms with Crippen LogP contribution in [0.5, 0.6) is 0 Å². The molecule has 1 rings (SSSR count). The summed E-state index contributed by atoms with van der Waals surface area (Å²) in [6.45, 7) is 0. The van der Waals surface area contributed by atoms with Gasteiger partial charge in [-0.3, -0.25) is 9.59 Å². The predicted molar refractivity (Wildman–Crippen MR) is 56.8 cm³/mol. The van der Waals surface area contributed by atoms with Gasteiger partial charge in [-0.2, -0.15) is 0 Å². The minimum Gasteiger partial charge on any atom is -0.481 e. The van der Waals surface area contributed by atoms with Crippen LogP contribution in [-0.4, -0.2) is 32.9 Å². The second-order valence-corrected chi connectivity index (χ2v) is 3.54. The maximum absolute atomic E-state index is 11.5. The van der Waals surface area contributed by atoms with Gasteiger partial charge < -0.3 is 15.8 Å². The van der Waals surface area contributed by atoms with Crippen molar-refractivity contribution in [3.63, 3.8) is 0 Å². The molecule has 0 fully saturated rings. The van der Waals surface area contributed by atoms with E-state index in [1.807, 2.05) is 0 Å². The minimum absolute atomic E-state index is 0.0757. The summed E-state index contributed by atoms with van der Waals surface area (Å²) >= 11 is 0. The number of nitrogens with zero attached hydrogens (tertiary/aromatic N) is 1. The van der Waals surface area contributed by atoms with Crippen molar-refractivity contribution in [2.45, 2.75) is 31.7 Å². The third kappa shape index (κ3) is 4.22. The zero-order valence-corrected chi connectivity index (χ0v) is 8.85. The molecule has 4 N–H and O–H groups in total. The number of aryl methyl sites for hydroxylation is 1. The third-order valence-corrected chi connectivity index (χ3v) is 2.25. The number of rotatable bonds is 7. The van der Waals surface area contributed by atoms with E-state index in [4.69, 9.17) is 10.8 Å². The average molecular weight is 225 g/mol. The number of hydrogen-bond donors (Lipinski definition) is 3. The molecule has 0 aliphatic carbocycles. The first-order chi connectivity index (χ1) is 7.59. The molecular weight excluding hydrogens is 210 g/mol. The van der Waals surface area contributed by atoms with E-state index in [0.29, 0.717) is 6.42 Å². The van der Waals surface area contributed by atoms with Crippen LogP contribution in [-0.2, 0) is 16.0 Å². The standard InChI is InChI=1S/C10H15N3O3/c11-7(1-4-10(15)16)8(14)2-3-9-12-5-6-13-9/h5-7H,1-4,11H2,(H,12,13)(H,15,16). The fraction of sp³-hybridized carbons (Fsp3) is 0.500. The number of aromatic amines is 1. The first kappa shape index (κ1) is 12.4. The van der Waals surface area contributed by atoms with Gasteiger partial charge in [0.2, 0.25) is 0 Å². The van der Waals surface area contributed by atoms with E-state index >= 15 is 0 Å². The van der Waals surface area contributed by atoms with Crippen molar-refractivity contribution in [1.29, 1.82) is 0 Å². The highest BCUT2D eigenvalue weighted by Crippen LogP contribution is 2.02. The molecule has 16 heavy (non-hydrogen) atoms. The van der Waals surface area contributed by atoms with Gasteiger partial charge in [0.1, 0.15) is 11.6 Å². The molecule has 1 atom stereocenters. The summed E-state index contributed by atoms with van der Waals surface area (Å²) in [5.74, 6) is -0.328. The SMILES string of the molecule is NC(CCC(=O)O)C(=O)CCc1ncc[nH]1. The van der Waals surface area contributed by atoms with Crippen LogP contribution < -0.4 is 5.73 Å².